The molecule has 0 aliphatic rings. The largest absolute Gasteiger partial charge is 0.103 e. The Balaban J connectivity index is 3.00. The topological polar surface area (TPSA) is 0 Å². The Bertz CT molecular complexity index is 345. The van der Waals surface area contributed by atoms with Gasteiger partial charge in [-0.1, -0.05) is 155 Å². The molecule has 0 saturated carbocycles. The van der Waals surface area contributed by atoms with Crippen molar-refractivity contribution < 1.29 is 0 Å². The molecule has 0 nitrogen and oxygen atoms in total. The fourth-order valence-electron chi connectivity index (χ4n) is 4.28. The van der Waals surface area contributed by atoms with E-state index >= 15 is 0 Å². The van der Waals surface area contributed by atoms with Crippen LogP contribution >= 0.6 is 0 Å². The van der Waals surface area contributed by atoms with Gasteiger partial charge in [-0.2, -0.15) is 0 Å². The van der Waals surface area contributed by atoms with Crippen LogP contribution in [0.3, 0.4) is 0 Å². The van der Waals surface area contributed by atoms with Crippen molar-refractivity contribution in [1.82, 2.24) is 0 Å². The SMILES string of the molecule is [CH2]CC#CCCCCCCCCCCCCCCCCCCCCCCCCC[CH2]. The highest BCUT2D eigenvalue weighted by Crippen LogP contribution is 2.15. The van der Waals surface area contributed by atoms with Gasteiger partial charge in [0, 0.05) is 12.8 Å². The predicted molar refractivity (Wildman–Crippen MR) is 139 cm³/mol. The molecule has 0 spiro atoms. The molecule has 0 heterocycles. The second kappa shape index (κ2) is 28.6. The third-order valence-electron chi connectivity index (χ3n) is 6.30. The number of unbranched alkanes of at least 4 members (excludes halogenated alkanes) is 24. The zero-order chi connectivity index (χ0) is 21.8. The molecular formula is C30H56. The first-order valence-corrected chi connectivity index (χ1v) is 14.0. The van der Waals surface area contributed by atoms with Crippen molar-refractivity contribution in [3.05, 3.63) is 13.8 Å². The average Bonchev–Trinajstić information content (AvgIpc) is 2.76. The zero-order valence-corrected chi connectivity index (χ0v) is 20.8. The van der Waals surface area contributed by atoms with E-state index in [1.165, 1.54) is 148 Å². The minimum absolute atomic E-state index is 0.762. The Morgan fingerprint density at radius 3 is 0.833 bits per heavy atom. The number of hydrogen-bond acceptors (Lipinski definition) is 0. The summed E-state index contributed by atoms with van der Waals surface area (Å²) in [5, 5.41) is 0. The van der Waals surface area contributed by atoms with Crippen molar-refractivity contribution in [2.24, 2.45) is 0 Å². The first-order chi connectivity index (χ1) is 14.9. The van der Waals surface area contributed by atoms with E-state index in [4.69, 9.17) is 0 Å². The Morgan fingerprint density at radius 2 is 0.567 bits per heavy atom. The normalized spacial score (nSPS) is 10.9. The fourth-order valence-corrected chi connectivity index (χ4v) is 4.28. The summed E-state index contributed by atoms with van der Waals surface area (Å²) in [6, 6.07) is 0. The van der Waals surface area contributed by atoms with Gasteiger partial charge in [0.25, 0.3) is 0 Å². The van der Waals surface area contributed by atoms with Crippen LogP contribution in [0.5, 0.6) is 0 Å². The van der Waals surface area contributed by atoms with Crippen LogP contribution in [0.1, 0.15) is 167 Å². The van der Waals surface area contributed by atoms with Gasteiger partial charge in [0.1, 0.15) is 0 Å². The molecule has 0 amide bonds. The molecule has 0 N–H and O–H groups in total. The minimum Gasteiger partial charge on any atom is -0.103 e. The van der Waals surface area contributed by atoms with Crippen LogP contribution in [0.4, 0.5) is 0 Å². The molecule has 0 rings (SSSR count). The van der Waals surface area contributed by atoms with Gasteiger partial charge in [-0.15, -0.1) is 11.8 Å². The molecule has 0 atom stereocenters. The second-order valence-electron chi connectivity index (χ2n) is 9.34. The Hall–Kier alpha value is -0.440. The van der Waals surface area contributed by atoms with Gasteiger partial charge in [0.05, 0.1) is 0 Å². The van der Waals surface area contributed by atoms with Crippen LogP contribution in [-0.4, -0.2) is 0 Å². The summed E-state index contributed by atoms with van der Waals surface area (Å²) in [4.78, 5) is 0. The Labute approximate surface area is 192 Å². The van der Waals surface area contributed by atoms with Gasteiger partial charge in [0.15, 0.2) is 0 Å². The monoisotopic (exact) mass is 416 g/mol. The van der Waals surface area contributed by atoms with Crippen LogP contribution in [0, 0.1) is 25.7 Å². The lowest BCUT2D eigenvalue weighted by atomic mass is 10.0. The highest BCUT2D eigenvalue weighted by Gasteiger charge is 1.96. The van der Waals surface area contributed by atoms with Crippen molar-refractivity contribution in [3.8, 4) is 11.8 Å². The minimum atomic E-state index is 0.762. The molecule has 2 radical (unpaired) electrons. The molecule has 0 bridgehead atoms. The van der Waals surface area contributed by atoms with E-state index in [1.54, 1.807) is 0 Å². The van der Waals surface area contributed by atoms with Gasteiger partial charge in [-0.25, -0.2) is 0 Å². The third-order valence-corrected chi connectivity index (χ3v) is 6.30. The standard InChI is InChI=1S/C30H56/c1-3-5-7-9-11-13-15-17-19-21-23-25-27-29-30-28-26-24-22-20-18-16-14-12-10-8-6-4-2/h1-5,7,9-30H2. The number of rotatable bonds is 24. The van der Waals surface area contributed by atoms with Gasteiger partial charge in [0.2, 0.25) is 0 Å². The number of hydrogen-bond donors (Lipinski definition) is 0. The van der Waals surface area contributed by atoms with Crippen molar-refractivity contribution in [2.45, 2.75) is 167 Å². The summed E-state index contributed by atoms with van der Waals surface area (Å²) < 4.78 is 0. The van der Waals surface area contributed by atoms with Crippen LogP contribution in [0.15, 0.2) is 0 Å². The van der Waals surface area contributed by atoms with Crippen LogP contribution in [0.2, 0.25) is 0 Å². The molecule has 0 aromatic carbocycles. The predicted octanol–water partition coefficient (Wildman–Crippen LogP) is 10.8. The molecule has 0 unspecified atom stereocenters. The summed E-state index contributed by atoms with van der Waals surface area (Å²) >= 11 is 0. The van der Waals surface area contributed by atoms with Crippen LogP contribution in [-0.2, 0) is 0 Å². The molecule has 176 valence electrons. The molecule has 0 aliphatic heterocycles. The van der Waals surface area contributed by atoms with Crippen molar-refractivity contribution in [3.63, 3.8) is 0 Å². The molecule has 0 fully saturated rings. The Morgan fingerprint density at radius 1 is 0.300 bits per heavy atom. The maximum Gasteiger partial charge on any atom is 0.00890 e. The van der Waals surface area contributed by atoms with Crippen molar-refractivity contribution in [2.75, 3.05) is 0 Å². The molecule has 0 heteroatoms. The lowest BCUT2D eigenvalue weighted by molar-refractivity contribution is 0.517. The maximum absolute atomic E-state index is 3.91. The van der Waals surface area contributed by atoms with Gasteiger partial charge in [-0.05, 0) is 13.3 Å². The van der Waals surface area contributed by atoms with Crippen LogP contribution < -0.4 is 0 Å². The van der Waals surface area contributed by atoms with E-state index in [0.717, 1.165) is 19.3 Å². The lowest BCUT2D eigenvalue weighted by Gasteiger charge is -2.04. The molecule has 0 aromatic heterocycles. The molecule has 0 saturated heterocycles. The van der Waals surface area contributed by atoms with Crippen molar-refractivity contribution in [1.29, 1.82) is 0 Å². The first kappa shape index (κ1) is 29.6. The average molecular weight is 417 g/mol. The second-order valence-corrected chi connectivity index (χ2v) is 9.34. The summed E-state index contributed by atoms with van der Waals surface area (Å²) in [6.07, 6.45) is 36.1. The summed E-state index contributed by atoms with van der Waals surface area (Å²) in [7, 11) is 0. The molecule has 30 heavy (non-hydrogen) atoms. The third kappa shape index (κ3) is 27.6. The van der Waals surface area contributed by atoms with Gasteiger partial charge in [-0.3, -0.25) is 0 Å². The van der Waals surface area contributed by atoms with Gasteiger partial charge < -0.3 is 0 Å². The van der Waals surface area contributed by atoms with E-state index < -0.39 is 0 Å². The quantitative estimate of drug-likeness (QED) is 0.108. The first-order valence-electron chi connectivity index (χ1n) is 14.0. The van der Waals surface area contributed by atoms with Crippen LogP contribution in [0.25, 0.3) is 0 Å². The summed E-state index contributed by atoms with van der Waals surface area (Å²) in [5.41, 5.74) is 0. The summed E-state index contributed by atoms with van der Waals surface area (Å²) in [6.45, 7) is 7.66. The molecule has 0 aliphatic carbocycles. The molecular weight excluding hydrogens is 360 g/mol. The van der Waals surface area contributed by atoms with E-state index in [2.05, 4.69) is 25.7 Å². The maximum atomic E-state index is 3.91. The van der Waals surface area contributed by atoms with E-state index in [1.807, 2.05) is 0 Å². The molecule has 0 aromatic rings. The highest BCUT2D eigenvalue weighted by molar-refractivity contribution is 4.98. The smallest absolute Gasteiger partial charge is 0.00890 e. The highest BCUT2D eigenvalue weighted by atomic mass is 14.0. The van der Waals surface area contributed by atoms with Crippen molar-refractivity contribution >= 4 is 0 Å². The van der Waals surface area contributed by atoms with Gasteiger partial charge >= 0.3 is 0 Å². The fraction of sp³-hybridized carbons (Fsp3) is 0.867. The summed E-state index contributed by atoms with van der Waals surface area (Å²) in [5.74, 6) is 6.24. The van der Waals surface area contributed by atoms with E-state index in [9.17, 15) is 0 Å². The Kier molecular flexibility index (Phi) is 28.1. The van der Waals surface area contributed by atoms with E-state index in [0.29, 0.717) is 0 Å². The van der Waals surface area contributed by atoms with E-state index in [-0.39, 0.29) is 0 Å². The lowest BCUT2D eigenvalue weighted by Crippen LogP contribution is -1.84. The zero-order valence-electron chi connectivity index (χ0n) is 20.8.